The summed E-state index contributed by atoms with van der Waals surface area (Å²) in [6.45, 7) is 3.87. The highest BCUT2D eigenvalue weighted by atomic mass is 19.1. The lowest BCUT2D eigenvalue weighted by molar-refractivity contribution is 0.413. The summed E-state index contributed by atoms with van der Waals surface area (Å²) in [7, 11) is 2.06. The molecule has 0 amide bonds. The highest BCUT2D eigenvalue weighted by Gasteiger charge is 2.21. The van der Waals surface area contributed by atoms with Crippen LogP contribution in [0.3, 0.4) is 0 Å². The molecule has 5 heteroatoms. The van der Waals surface area contributed by atoms with Gasteiger partial charge in [0.2, 0.25) is 0 Å². The molecule has 1 fully saturated rings. The van der Waals surface area contributed by atoms with Crippen LogP contribution in [0.2, 0.25) is 0 Å². The van der Waals surface area contributed by atoms with E-state index >= 15 is 0 Å². The van der Waals surface area contributed by atoms with E-state index in [2.05, 4.69) is 27.2 Å². The molecule has 2 rings (SSSR count). The van der Waals surface area contributed by atoms with Crippen molar-refractivity contribution in [3.8, 4) is 0 Å². The first-order valence-corrected chi connectivity index (χ1v) is 5.65. The summed E-state index contributed by atoms with van der Waals surface area (Å²) in [4.78, 5) is 10.1. The molecule has 16 heavy (non-hydrogen) atoms. The highest BCUT2D eigenvalue weighted by molar-refractivity contribution is 5.38. The van der Waals surface area contributed by atoms with Gasteiger partial charge in [-0.15, -0.1) is 0 Å². The van der Waals surface area contributed by atoms with Crippen LogP contribution in [-0.4, -0.2) is 41.0 Å². The van der Waals surface area contributed by atoms with Crippen molar-refractivity contribution >= 4 is 5.82 Å². The number of anilines is 1. The topological polar surface area (TPSA) is 41.1 Å². The Morgan fingerprint density at radius 3 is 3.00 bits per heavy atom. The van der Waals surface area contributed by atoms with Gasteiger partial charge >= 0.3 is 0 Å². The first kappa shape index (κ1) is 11.3. The van der Waals surface area contributed by atoms with Crippen LogP contribution in [0.1, 0.15) is 19.0 Å². The normalized spacial score (nSPS) is 21.3. The predicted octanol–water partition coefficient (Wildman–Crippen LogP) is 1.29. The summed E-state index contributed by atoms with van der Waals surface area (Å²) >= 11 is 0. The van der Waals surface area contributed by atoms with Crippen LogP contribution in [0, 0.1) is 5.82 Å². The molecular formula is C11H17FN4. The molecule has 88 valence electrons. The van der Waals surface area contributed by atoms with Gasteiger partial charge in [0.25, 0.3) is 0 Å². The van der Waals surface area contributed by atoms with Crippen LogP contribution in [0.15, 0.2) is 6.33 Å². The minimum Gasteiger partial charge on any atom is -0.363 e. The molecule has 1 aliphatic heterocycles. The third-order valence-electron chi connectivity index (χ3n) is 2.93. The van der Waals surface area contributed by atoms with E-state index in [-0.39, 0.29) is 5.82 Å². The van der Waals surface area contributed by atoms with E-state index in [0.717, 1.165) is 19.5 Å². The molecular weight excluding hydrogens is 207 g/mol. The summed E-state index contributed by atoms with van der Waals surface area (Å²) in [5, 5.41) is 3.15. The predicted molar refractivity (Wildman–Crippen MR) is 60.9 cm³/mol. The van der Waals surface area contributed by atoms with Gasteiger partial charge in [-0.3, -0.25) is 0 Å². The summed E-state index contributed by atoms with van der Waals surface area (Å²) in [5.41, 5.74) is 0.476. The molecule has 1 saturated heterocycles. The zero-order valence-corrected chi connectivity index (χ0v) is 9.70. The SMILES string of the molecule is CCc1ncnc(NC2CCN(C)C2)c1F. The Morgan fingerprint density at radius 1 is 1.56 bits per heavy atom. The molecule has 0 aliphatic carbocycles. The van der Waals surface area contributed by atoms with E-state index in [4.69, 9.17) is 0 Å². The second-order valence-corrected chi connectivity index (χ2v) is 4.23. The molecule has 2 heterocycles. The number of aromatic nitrogens is 2. The van der Waals surface area contributed by atoms with Gasteiger partial charge in [0.15, 0.2) is 11.6 Å². The molecule has 1 aromatic heterocycles. The lowest BCUT2D eigenvalue weighted by Crippen LogP contribution is -2.24. The average Bonchev–Trinajstić information content (AvgIpc) is 2.67. The van der Waals surface area contributed by atoms with Gasteiger partial charge in [-0.25, -0.2) is 14.4 Å². The van der Waals surface area contributed by atoms with Crippen LogP contribution in [-0.2, 0) is 6.42 Å². The fourth-order valence-electron chi connectivity index (χ4n) is 2.00. The Balaban J connectivity index is 2.09. The Bertz CT molecular complexity index is 369. The molecule has 1 aliphatic rings. The number of aryl methyl sites for hydroxylation is 1. The van der Waals surface area contributed by atoms with Crippen LogP contribution in [0.4, 0.5) is 10.2 Å². The highest BCUT2D eigenvalue weighted by Crippen LogP contribution is 2.17. The maximum Gasteiger partial charge on any atom is 0.186 e. The van der Waals surface area contributed by atoms with Gasteiger partial charge < -0.3 is 10.2 Å². The van der Waals surface area contributed by atoms with E-state index in [9.17, 15) is 4.39 Å². The fraction of sp³-hybridized carbons (Fsp3) is 0.636. The molecule has 1 atom stereocenters. The number of hydrogen-bond acceptors (Lipinski definition) is 4. The Labute approximate surface area is 94.9 Å². The van der Waals surface area contributed by atoms with Gasteiger partial charge in [-0.05, 0) is 26.4 Å². The van der Waals surface area contributed by atoms with Crippen molar-refractivity contribution in [3.05, 3.63) is 17.8 Å². The quantitative estimate of drug-likeness (QED) is 0.840. The number of halogens is 1. The lowest BCUT2D eigenvalue weighted by atomic mass is 10.2. The number of nitrogens with one attached hydrogen (secondary N) is 1. The number of nitrogens with zero attached hydrogens (tertiary/aromatic N) is 3. The number of likely N-dealkylation sites (tertiary alicyclic amines) is 1. The molecule has 0 aromatic carbocycles. The summed E-state index contributed by atoms with van der Waals surface area (Å²) in [6, 6.07) is 0.291. The molecule has 0 saturated carbocycles. The third kappa shape index (κ3) is 2.29. The van der Waals surface area contributed by atoms with Gasteiger partial charge in [-0.2, -0.15) is 0 Å². The maximum absolute atomic E-state index is 13.8. The minimum absolute atomic E-state index is 0.291. The molecule has 0 bridgehead atoms. The van der Waals surface area contributed by atoms with Crippen LogP contribution in [0.5, 0.6) is 0 Å². The van der Waals surface area contributed by atoms with Crippen molar-refractivity contribution in [2.75, 3.05) is 25.5 Å². The van der Waals surface area contributed by atoms with Crippen LogP contribution >= 0.6 is 0 Å². The fourth-order valence-corrected chi connectivity index (χ4v) is 2.00. The molecule has 1 N–H and O–H groups in total. The van der Waals surface area contributed by atoms with Crippen molar-refractivity contribution in [3.63, 3.8) is 0 Å². The smallest absolute Gasteiger partial charge is 0.186 e. The van der Waals surface area contributed by atoms with E-state index < -0.39 is 0 Å². The lowest BCUT2D eigenvalue weighted by Gasteiger charge is -2.14. The summed E-state index contributed by atoms with van der Waals surface area (Å²) in [5.74, 6) is 0.0340. The summed E-state index contributed by atoms with van der Waals surface area (Å²) in [6.07, 6.45) is 3.04. The number of likely N-dealkylation sites (N-methyl/N-ethyl adjacent to an activating group) is 1. The van der Waals surface area contributed by atoms with Gasteiger partial charge in [0.1, 0.15) is 6.33 Å². The Hall–Kier alpha value is -1.23. The van der Waals surface area contributed by atoms with Crippen molar-refractivity contribution in [2.45, 2.75) is 25.8 Å². The van der Waals surface area contributed by atoms with Crippen molar-refractivity contribution < 1.29 is 4.39 Å². The monoisotopic (exact) mass is 224 g/mol. The molecule has 4 nitrogen and oxygen atoms in total. The van der Waals surface area contributed by atoms with Crippen molar-refractivity contribution in [1.29, 1.82) is 0 Å². The largest absolute Gasteiger partial charge is 0.363 e. The summed E-state index contributed by atoms with van der Waals surface area (Å²) < 4.78 is 13.8. The van der Waals surface area contributed by atoms with E-state index in [1.54, 1.807) is 0 Å². The van der Waals surface area contributed by atoms with Crippen LogP contribution in [0.25, 0.3) is 0 Å². The van der Waals surface area contributed by atoms with Crippen molar-refractivity contribution in [2.24, 2.45) is 0 Å². The minimum atomic E-state index is -0.306. The maximum atomic E-state index is 13.8. The van der Waals surface area contributed by atoms with Gasteiger partial charge in [0.05, 0.1) is 5.69 Å². The van der Waals surface area contributed by atoms with Gasteiger partial charge in [0, 0.05) is 12.6 Å². The number of hydrogen-bond donors (Lipinski definition) is 1. The first-order valence-electron chi connectivity index (χ1n) is 5.65. The van der Waals surface area contributed by atoms with E-state index in [1.165, 1.54) is 6.33 Å². The molecule has 0 spiro atoms. The van der Waals surface area contributed by atoms with Gasteiger partial charge in [-0.1, -0.05) is 6.92 Å². The Morgan fingerprint density at radius 2 is 2.38 bits per heavy atom. The molecule has 1 unspecified atom stereocenters. The molecule has 0 radical (unpaired) electrons. The standard InChI is InChI=1S/C11H17FN4/c1-3-9-10(12)11(14-7-13-9)15-8-4-5-16(2)6-8/h7-8H,3-6H2,1-2H3,(H,13,14,15). The van der Waals surface area contributed by atoms with Crippen molar-refractivity contribution in [1.82, 2.24) is 14.9 Å². The van der Waals surface area contributed by atoms with Crippen LogP contribution < -0.4 is 5.32 Å². The Kier molecular flexibility index (Phi) is 3.33. The zero-order chi connectivity index (χ0) is 11.5. The second kappa shape index (κ2) is 4.74. The number of rotatable bonds is 3. The second-order valence-electron chi connectivity index (χ2n) is 4.23. The first-order chi connectivity index (χ1) is 7.70. The third-order valence-corrected chi connectivity index (χ3v) is 2.93. The van der Waals surface area contributed by atoms with E-state index in [1.807, 2.05) is 6.92 Å². The molecule has 1 aromatic rings. The van der Waals surface area contributed by atoms with E-state index in [0.29, 0.717) is 24.0 Å². The average molecular weight is 224 g/mol. The zero-order valence-electron chi connectivity index (χ0n) is 9.70.